The molecule has 0 fully saturated rings. The Kier molecular flexibility index (Phi) is 3.29. The molecule has 1 aromatic rings. The lowest BCUT2D eigenvalue weighted by Gasteiger charge is -2.14. The van der Waals surface area contributed by atoms with Gasteiger partial charge in [0.15, 0.2) is 0 Å². The molecule has 66 valence electrons. The highest BCUT2D eigenvalue weighted by molar-refractivity contribution is 6.18. The first-order valence-electron chi connectivity index (χ1n) is 3.81. The molecule has 0 aromatic carbocycles. The highest BCUT2D eigenvalue weighted by Crippen LogP contribution is 2.03. The lowest BCUT2D eigenvalue weighted by atomic mass is 10.4. The molecule has 1 rings (SSSR count). The van der Waals surface area contributed by atoms with Crippen LogP contribution in [-0.4, -0.2) is 29.4 Å². The topological polar surface area (TPSA) is 29.0 Å². The fraction of sp³-hybridized carbons (Fsp3) is 0.500. The summed E-state index contributed by atoms with van der Waals surface area (Å²) in [5.41, 5.74) is 0.974. The smallest absolute Gasteiger partial charge is 0.225 e. The van der Waals surface area contributed by atoms with Gasteiger partial charge in [-0.1, -0.05) is 0 Å². The maximum absolute atomic E-state index is 5.59. The third kappa shape index (κ3) is 2.34. The maximum atomic E-state index is 5.59. The third-order valence-corrected chi connectivity index (χ3v) is 1.71. The zero-order valence-electron chi connectivity index (χ0n) is 7.29. The van der Waals surface area contributed by atoms with E-state index < -0.39 is 0 Å². The normalized spacial score (nSPS) is 9.92. The van der Waals surface area contributed by atoms with Gasteiger partial charge in [0.1, 0.15) is 0 Å². The summed E-state index contributed by atoms with van der Waals surface area (Å²) in [6, 6.07) is 1.87. The van der Waals surface area contributed by atoms with E-state index in [2.05, 4.69) is 9.97 Å². The molecule has 0 spiro atoms. The first-order chi connectivity index (χ1) is 5.74. The number of aromatic nitrogens is 2. The van der Waals surface area contributed by atoms with E-state index in [1.807, 2.05) is 24.9 Å². The zero-order valence-corrected chi connectivity index (χ0v) is 8.04. The van der Waals surface area contributed by atoms with Gasteiger partial charge in [-0.15, -0.1) is 11.6 Å². The molecule has 0 saturated carbocycles. The van der Waals surface area contributed by atoms with Crippen molar-refractivity contribution < 1.29 is 0 Å². The van der Waals surface area contributed by atoms with Gasteiger partial charge >= 0.3 is 0 Å². The number of anilines is 1. The molecule has 0 radical (unpaired) electrons. The number of nitrogens with zero attached hydrogens (tertiary/aromatic N) is 3. The fourth-order valence-corrected chi connectivity index (χ4v) is 1.10. The molecule has 1 heterocycles. The van der Waals surface area contributed by atoms with Crippen LogP contribution >= 0.6 is 11.6 Å². The molecule has 3 nitrogen and oxygen atoms in total. The van der Waals surface area contributed by atoms with Crippen molar-refractivity contribution in [2.75, 3.05) is 24.4 Å². The molecule has 0 saturated heterocycles. The summed E-state index contributed by atoms with van der Waals surface area (Å²) < 4.78 is 0. The van der Waals surface area contributed by atoms with E-state index in [1.165, 1.54) is 0 Å². The lowest BCUT2D eigenvalue weighted by Crippen LogP contribution is -2.22. The molecule has 0 unspecified atom stereocenters. The Labute approximate surface area is 77.4 Å². The third-order valence-electron chi connectivity index (χ3n) is 1.54. The number of aryl methyl sites for hydroxylation is 1. The molecule has 0 bridgehead atoms. The Morgan fingerprint density at radius 3 is 2.92 bits per heavy atom. The second-order valence-electron chi connectivity index (χ2n) is 2.61. The van der Waals surface area contributed by atoms with Crippen LogP contribution in [0.15, 0.2) is 12.3 Å². The average molecular weight is 186 g/mol. The highest BCUT2D eigenvalue weighted by atomic mass is 35.5. The fourth-order valence-electron chi connectivity index (χ4n) is 0.846. The van der Waals surface area contributed by atoms with Gasteiger partial charge in [-0.3, -0.25) is 0 Å². The van der Waals surface area contributed by atoms with Crippen LogP contribution < -0.4 is 4.90 Å². The molecule has 0 N–H and O–H groups in total. The molecule has 0 aliphatic heterocycles. The van der Waals surface area contributed by atoms with Crippen LogP contribution in [0.5, 0.6) is 0 Å². The van der Waals surface area contributed by atoms with Gasteiger partial charge in [-0.25, -0.2) is 9.97 Å². The van der Waals surface area contributed by atoms with Crippen molar-refractivity contribution in [1.29, 1.82) is 0 Å². The lowest BCUT2D eigenvalue weighted by molar-refractivity contribution is 0.895. The highest BCUT2D eigenvalue weighted by Gasteiger charge is 2.01. The molecule has 4 heteroatoms. The van der Waals surface area contributed by atoms with Crippen LogP contribution in [0.3, 0.4) is 0 Å². The van der Waals surface area contributed by atoms with Gasteiger partial charge in [0.2, 0.25) is 5.95 Å². The van der Waals surface area contributed by atoms with Gasteiger partial charge in [-0.2, -0.15) is 0 Å². The van der Waals surface area contributed by atoms with Crippen molar-refractivity contribution in [2.45, 2.75) is 6.92 Å². The van der Waals surface area contributed by atoms with E-state index in [9.17, 15) is 0 Å². The van der Waals surface area contributed by atoms with Crippen molar-refractivity contribution in [3.8, 4) is 0 Å². The second kappa shape index (κ2) is 4.26. The first kappa shape index (κ1) is 9.26. The summed E-state index contributed by atoms with van der Waals surface area (Å²) in [5.74, 6) is 1.32. The largest absolute Gasteiger partial charge is 0.343 e. The Morgan fingerprint density at radius 2 is 2.33 bits per heavy atom. The van der Waals surface area contributed by atoms with Crippen LogP contribution in [0.2, 0.25) is 0 Å². The van der Waals surface area contributed by atoms with Crippen LogP contribution in [0.1, 0.15) is 5.69 Å². The summed E-state index contributed by atoms with van der Waals surface area (Å²) in [7, 11) is 1.93. The Hall–Kier alpha value is -0.830. The number of halogens is 1. The number of rotatable bonds is 3. The molecule has 0 atom stereocenters. The Morgan fingerprint density at radius 1 is 1.58 bits per heavy atom. The summed E-state index contributed by atoms with van der Waals surface area (Å²) >= 11 is 5.59. The van der Waals surface area contributed by atoms with E-state index in [1.54, 1.807) is 6.20 Å². The average Bonchev–Trinajstić information content (AvgIpc) is 2.05. The number of alkyl halides is 1. The number of hydrogen-bond acceptors (Lipinski definition) is 3. The second-order valence-corrected chi connectivity index (χ2v) is 2.99. The molecule has 1 aromatic heterocycles. The van der Waals surface area contributed by atoms with Gasteiger partial charge in [0.25, 0.3) is 0 Å². The van der Waals surface area contributed by atoms with Crippen molar-refractivity contribution in [3.05, 3.63) is 18.0 Å². The van der Waals surface area contributed by atoms with E-state index in [4.69, 9.17) is 11.6 Å². The van der Waals surface area contributed by atoms with E-state index in [0.29, 0.717) is 5.88 Å². The van der Waals surface area contributed by atoms with Crippen LogP contribution in [0.25, 0.3) is 0 Å². The summed E-state index contributed by atoms with van der Waals surface area (Å²) in [6.07, 6.45) is 1.75. The number of hydrogen-bond donors (Lipinski definition) is 0. The van der Waals surface area contributed by atoms with Crippen LogP contribution in [-0.2, 0) is 0 Å². The minimum atomic E-state index is 0.591. The predicted octanol–water partition coefficient (Wildman–Crippen LogP) is 1.46. The van der Waals surface area contributed by atoms with Crippen molar-refractivity contribution in [1.82, 2.24) is 9.97 Å². The van der Waals surface area contributed by atoms with Crippen molar-refractivity contribution >= 4 is 17.5 Å². The minimum Gasteiger partial charge on any atom is -0.343 e. The standard InChI is InChI=1S/C8H12ClN3/c1-7-3-5-10-8(11-7)12(2)6-4-9/h3,5H,4,6H2,1-2H3. The molecule has 0 aliphatic carbocycles. The molecule has 0 aliphatic rings. The summed E-state index contributed by atoms with van der Waals surface area (Å²) in [5, 5.41) is 0. The van der Waals surface area contributed by atoms with E-state index in [-0.39, 0.29) is 0 Å². The predicted molar refractivity (Wildman–Crippen MR) is 50.8 cm³/mol. The Balaban J connectivity index is 2.73. The monoisotopic (exact) mass is 185 g/mol. The quantitative estimate of drug-likeness (QED) is 0.668. The molecule has 0 amide bonds. The molecular weight excluding hydrogens is 174 g/mol. The van der Waals surface area contributed by atoms with Gasteiger partial charge in [0.05, 0.1) is 0 Å². The van der Waals surface area contributed by atoms with Gasteiger partial charge < -0.3 is 4.90 Å². The zero-order chi connectivity index (χ0) is 8.97. The molecular formula is C8H12ClN3. The summed E-state index contributed by atoms with van der Waals surface area (Å²) in [4.78, 5) is 10.3. The van der Waals surface area contributed by atoms with Crippen molar-refractivity contribution in [2.24, 2.45) is 0 Å². The van der Waals surface area contributed by atoms with Gasteiger partial charge in [-0.05, 0) is 13.0 Å². The first-order valence-corrected chi connectivity index (χ1v) is 4.34. The molecule has 12 heavy (non-hydrogen) atoms. The van der Waals surface area contributed by atoms with Crippen molar-refractivity contribution in [3.63, 3.8) is 0 Å². The van der Waals surface area contributed by atoms with Crippen LogP contribution in [0, 0.1) is 6.92 Å². The van der Waals surface area contributed by atoms with E-state index >= 15 is 0 Å². The minimum absolute atomic E-state index is 0.591. The SMILES string of the molecule is Cc1ccnc(N(C)CCCl)n1. The maximum Gasteiger partial charge on any atom is 0.225 e. The van der Waals surface area contributed by atoms with Crippen LogP contribution in [0.4, 0.5) is 5.95 Å². The summed E-state index contributed by atoms with van der Waals surface area (Å²) in [6.45, 7) is 2.71. The Bertz CT molecular complexity index is 252. The van der Waals surface area contributed by atoms with Gasteiger partial charge in [0, 0.05) is 31.4 Å². The van der Waals surface area contributed by atoms with E-state index in [0.717, 1.165) is 18.2 Å².